The van der Waals surface area contributed by atoms with Gasteiger partial charge in [0.15, 0.2) is 0 Å². The monoisotopic (exact) mass is 521 g/mol. The van der Waals surface area contributed by atoms with Gasteiger partial charge in [-0.2, -0.15) is 0 Å². The van der Waals surface area contributed by atoms with E-state index in [2.05, 4.69) is 38.3 Å². The Morgan fingerprint density at radius 2 is 1.71 bits per heavy atom. The normalized spacial score (nSPS) is 20.1. The Labute approximate surface area is 225 Å². The van der Waals surface area contributed by atoms with Crippen LogP contribution in [0.15, 0.2) is 48.5 Å². The molecule has 0 aromatic heterocycles. The number of urea groups is 1. The van der Waals surface area contributed by atoms with E-state index in [-0.39, 0.29) is 29.9 Å². The predicted octanol–water partition coefficient (Wildman–Crippen LogP) is 3.95. The smallest absolute Gasteiger partial charge is 0.320 e. The van der Waals surface area contributed by atoms with Crippen LogP contribution in [-0.2, 0) is 9.59 Å². The zero-order valence-electron chi connectivity index (χ0n) is 23.2. The minimum atomic E-state index is -0.971. The summed E-state index contributed by atoms with van der Waals surface area (Å²) in [6.45, 7) is 9.76. The number of ether oxygens (including phenoxy) is 1. The topological polar surface area (TPSA) is 94.2 Å². The maximum Gasteiger partial charge on any atom is 0.320 e. The highest BCUT2D eigenvalue weighted by molar-refractivity contribution is 6.05. The van der Waals surface area contributed by atoms with Crippen LogP contribution in [0, 0.1) is 10.8 Å². The number of nitrogens with zero attached hydrogens (tertiary/aromatic N) is 3. The van der Waals surface area contributed by atoms with Crippen LogP contribution in [0.2, 0.25) is 0 Å². The lowest BCUT2D eigenvalue weighted by atomic mass is 9.71. The highest BCUT2D eigenvalue weighted by atomic mass is 16.5. The SMILES string of the molecule is CN(C)c1cccc(NC(=O)NC2COc3ccccc3N(CC(=O)N3CC(C)(C)CC(C)(C)C3)C2=O)c1. The van der Waals surface area contributed by atoms with Gasteiger partial charge in [-0.15, -0.1) is 0 Å². The molecule has 1 unspecified atom stereocenters. The van der Waals surface area contributed by atoms with Crippen LogP contribution in [0.1, 0.15) is 34.1 Å². The fourth-order valence-corrected chi connectivity index (χ4v) is 5.72. The molecule has 9 heteroatoms. The summed E-state index contributed by atoms with van der Waals surface area (Å²) in [6, 6.07) is 13.0. The number of likely N-dealkylation sites (tertiary alicyclic amines) is 1. The van der Waals surface area contributed by atoms with E-state index in [1.165, 1.54) is 4.90 Å². The summed E-state index contributed by atoms with van der Waals surface area (Å²) in [6.07, 6.45) is 1.02. The number of hydrogen-bond acceptors (Lipinski definition) is 5. The van der Waals surface area contributed by atoms with Crippen LogP contribution < -0.4 is 25.2 Å². The molecule has 0 bridgehead atoms. The number of para-hydroxylation sites is 2. The number of piperidine rings is 1. The second-order valence-corrected chi connectivity index (χ2v) is 12.1. The molecule has 2 N–H and O–H groups in total. The summed E-state index contributed by atoms with van der Waals surface area (Å²) in [4.78, 5) is 45.4. The van der Waals surface area contributed by atoms with Crippen molar-refractivity contribution in [3.63, 3.8) is 0 Å². The summed E-state index contributed by atoms with van der Waals surface area (Å²) in [5.41, 5.74) is 2.01. The summed E-state index contributed by atoms with van der Waals surface area (Å²) in [5, 5.41) is 5.54. The third-order valence-corrected chi connectivity index (χ3v) is 6.89. The van der Waals surface area contributed by atoms with E-state index in [9.17, 15) is 14.4 Å². The highest BCUT2D eigenvalue weighted by Gasteiger charge is 2.41. The van der Waals surface area contributed by atoms with Gasteiger partial charge in [-0.3, -0.25) is 14.5 Å². The van der Waals surface area contributed by atoms with Gasteiger partial charge >= 0.3 is 6.03 Å². The van der Waals surface area contributed by atoms with Crippen molar-refractivity contribution >= 4 is 34.9 Å². The second kappa shape index (κ2) is 10.6. The number of hydrogen-bond donors (Lipinski definition) is 2. The van der Waals surface area contributed by atoms with Gasteiger partial charge < -0.3 is 25.2 Å². The lowest BCUT2D eigenvalue weighted by Gasteiger charge is -2.47. The first-order valence-electron chi connectivity index (χ1n) is 13.0. The molecule has 4 rings (SSSR count). The fourth-order valence-electron chi connectivity index (χ4n) is 5.72. The molecule has 2 aliphatic rings. The molecule has 0 saturated carbocycles. The van der Waals surface area contributed by atoms with Crippen molar-refractivity contribution in [3.8, 4) is 5.75 Å². The number of benzene rings is 2. The fraction of sp³-hybridized carbons (Fsp3) is 0.483. The molecule has 2 aliphatic heterocycles. The van der Waals surface area contributed by atoms with Crippen LogP contribution in [0.5, 0.6) is 5.75 Å². The van der Waals surface area contributed by atoms with Crippen LogP contribution in [0.25, 0.3) is 0 Å². The molecular formula is C29H39N5O4. The average Bonchev–Trinajstić information content (AvgIpc) is 2.94. The van der Waals surface area contributed by atoms with Gasteiger partial charge in [-0.1, -0.05) is 45.9 Å². The van der Waals surface area contributed by atoms with Crippen molar-refractivity contribution in [2.24, 2.45) is 10.8 Å². The van der Waals surface area contributed by atoms with E-state index in [1.807, 2.05) is 48.2 Å². The first-order valence-corrected chi connectivity index (χ1v) is 13.0. The summed E-state index contributed by atoms with van der Waals surface area (Å²) in [7, 11) is 3.83. The van der Waals surface area contributed by atoms with Crippen LogP contribution >= 0.6 is 0 Å². The van der Waals surface area contributed by atoms with Crippen LogP contribution in [0.3, 0.4) is 0 Å². The number of anilines is 3. The number of nitrogens with one attached hydrogen (secondary N) is 2. The third-order valence-electron chi connectivity index (χ3n) is 6.89. The summed E-state index contributed by atoms with van der Waals surface area (Å²) >= 11 is 0. The lowest BCUT2D eigenvalue weighted by molar-refractivity contribution is -0.137. The van der Waals surface area contributed by atoms with Gasteiger partial charge in [0.1, 0.15) is 24.9 Å². The van der Waals surface area contributed by atoms with Crippen molar-refractivity contribution < 1.29 is 19.1 Å². The number of carbonyl (C=O) groups is 3. The van der Waals surface area contributed by atoms with Gasteiger partial charge in [-0.25, -0.2) is 4.79 Å². The molecular weight excluding hydrogens is 482 g/mol. The van der Waals surface area contributed by atoms with Crippen molar-refractivity contribution in [3.05, 3.63) is 48.5 Å². The molecule has 1 atom stereocenters. The van der Waals surface area contributed by atoms with Gasteiger partial charge in [0.05, 0.1) is 5.69 Å². The number of carbonyl (C=O) groups excluding carboxylic acids is 3. The summed E-state index contributed by atoms with van der Waals surface area (Å²) in [5.74, 6) is -0.0213. The molecule has 38 heavy (non-hydrogen) atoms. The molecule has 1 fully saturated rings. The Hall–Kier alpha value is -3.75. The zero-order valence-corrected chi connectivity index (χ0v) is 23.2. The first-order chi connectivity index (χ1) is 17.8. The standard InChI is InChI=1S/C29H39N5O4/c1-28(2)17-29(3,4)19-33(18-28)25(35)15-34-23-12-7-8-13-24(23)38-16-22(26(34)36)31-27(37)30-20-10-9-11-21(14-20)32(5)6/h7-14,22H,15-19H2,1-6H3,(H2,30,31,37). The van der Waals surface area contributed by atoms with Crippen LogP contribution in [0.4, 0.5) is 21.9 Å². The summed E-state index contributed by atoms with van der Waals surface area (Å²) < 4.78 is 5.92. The largest absolute Gasteiger partial charge is 0.489 e. The maximum absolute atomic E-state index is 13.7. The minimum Gasteiger partial charge on any atom is -0.489 e. The maximum atomic E-state index is 13.7. The molecule has 1 saturated heterocycles. The molecule has 4 amide bonds. The predicted molar refractivity (Wildman–Crippen MR) is 150 cm³/mol. The molecule has 0 radical (unpaired) electrons. The highest BCUT2D eigenvalue weighted by Crippen LogP contribution is 2.40. The second-order valence-electron chi connectivity index (χ2n) is 12.1. The molecule has 2 aromatic rings. The zero-order chi connectivity index (χ0) is 27.7. The van der Waals surface area contributed by atoms with Gasteiger partial charge in [0, 0.05) is 38.6 Å². The van der Waals surface area contributed by atoms with Crippen molar-refractivity contribution in [1.82, 2.24) is 10.2 Å². The average molecular weight is 522 g/mol. The number of rotatable bonds is 5. The Balaban J connectivity index is 1.52. The van der Waals surface area contributed by atoms with Crippen molar-refractivity contribution in [1.29, 1.82) is 0 Å². The molecule has 2 heterocycles. The quantitative estimate of drug-likeness (QED) is 0.621. The van der Waals surface area contributed by atoms with E-state index >= 15 is 0 Å². The van der Waals surface area contributed by atoms with Gasteiger partial charge in [0.2, 0.25) is 5.91 Å². The van der Waals surface area contributed by atoms with Gasteiger partial charge in [0.25, 0.3) is 5.91 Å². The number of amides is 4. The third kappa shape index (κ3) is 6.38. The van der Waals surface area contributed by atoms with E-state index in [0.29, 0.717) is 30.2 Å². The van der Waals surface area contributed by atoms with E-state index in [4.69, 9.17) is 4.74 Å². The van der Waals surface area contributed by atoms with E-state index in [0.717, 1.165) is 12.1 Å². The van der Waals surface area contributed by atoms with E-state index in [1.54, 1.807) is 24.3 Å². The number of fused-ring (bicyclic) bond motifs is 1. The van der Waals surface area contributed by atoms with Crippen molar-refractivity contribution in [2.75, 3.05) is 55.5 Å². The molecule has 9 nitrogen and oxygen atoms in total. The molecule has 204 valence electrons. The lowest BCUT2D eigenvalue weighted by Crippen LogP contribution is -2.56. The Bertz CT molecular complexity index is 1190. The molecule has 2 aromatic carbocycles. The first kappa shape index (κ1) is 27.3. The molecule has 0 aliphatic carbocycles. The Morgan fingerprint density at radius 1 is 1.03 bits per heavy atom. The Kier molecular flexibility index (Phi) is 7.58. The van der Waals surface area contributed by atoms with E-state index < -0.39 is 18.0 Å². The van der Waals surface area contributed by atoms with Gasteiger partial charge in [-0.05, 0) is 47.6 Å². The minimum absolute atomic E-state index is 0.0205. The molecule has 0 spiro atoms. The Morgan fingerprint density at radius 3 is 2.39 bits per heavy atom. The van der Waals surface area contributed by atoms with Crippen molar-refractivity contribution in [2.45, 2.75) is 40.2 Å². The van der Waals surface area contributed by atoms with Crippen LogP contribution in [-0.4, -0.2) is 69.1 Å².